The molecule has 0 saturated heterocycles. The molecule has 1 unspecified atom stereocenters. The highest BCUT2D eigenvalue weighted by molar-refractivity contribution is 5.69. The molecular weight excluding hydrogens is 188 g/mol. The fourth-order valence-electron chi connectivity index (χ4n) is 1.55. The normalized spacial score (nSPS) is 13.2. The average Bonchev–Trinajstić information content (AvgIpc) is 2.21. The molecule has 0 amide bonds. The number of unbranched alkanes of at least 4 members (excludes halogenated alkanes) is 3. The van der Waals surface area contributed by atoms with Gasteiger partial charge in [0.15, 0.2) is 0 Å². The van der Waals surface area contributed by atoms with E-state index in [4.69, 9.17) is 5.11 Å². The van der Waals surface area contributed by atoms with Crippen molar-refractivity contribution >= 4 is 5.97 Å². The van der Waals surface area contributed by atoms with Crippen LogP contribution in [-0.2, 0) is 4.79 Å². The molecular formula is C13H24O2. The van der Waals surface area contributed by atoms with Crippen molar-refractivity contribution in [1.82, 2.24) is 0 Å². The van der Waals surface area contributed by atoms with Crippen molar-refractivity contribution in [2.75, 3.05) is 0 Å². The molecule has 0 fully saturated rings. The van der Waals surface area contributed by atoms with E-state index in [2.05, 4.69) is 19.1 Å². The van der Waals surface area contributed by atoms with Crippen LogP contribution in [0.5, 0.6) is 0 Å². The molecule has 0 bridgehead atoms. The van der Waals surface area contributed by atoms with E-state index in [0.717, 1.165) is 25.7 Å². The molecule has 0 aromatic rings. The second-order valence-electron chi connectivity index (χ2n) is 3.99. The molecule has 0 heterocycles. The highest BCUT2D eigenvalue weighted by atomic mass is 16.4. The summed E-state index contributed by atoms with van der Waals surface area (Å²) < 4.78 is 0. The molecule has 2 nitrogen and oxygen atoms in total. The van der Waals surface area contributed by atoms with Crippen LogP contribution in [0.4, 0.5) is 0 Å². The van der Waals surface area contributed by atoms with Crippen LogP contribution < -0.4 is 0 Å². The monoisotopic (exact) mass is 212 g/mol. The summed E-state index contributed by atoms with van der Waals surface area (Å²) in [6.07, 6.45) is 11.7. The third-order valence-electron chi connectivity index (χ3n) is 2.66. The first-order valence-corrected chi connectivity index (χ1v) is 6.10. The Kier molecular flexibility index (Phi) is 9.24. The van der Waals surface area contributed by atoms with Gasteiger partial charge in [-0.3, -0.25) is 4.79 Å². The predicted octanol–water partition coefficient (Wildman–Crippen LogP) is 4.01. The second kappa shape index (κ2) is 9.75. The van der Waals surface area contributed by atoms with E-state index >= 15 is 0 Å². The van der Waals surface area contributed by atoms with Gasteiger partial charge in [0.05, 0.1) is 5.92 Å². The lowest BCUT2D eigenvalue weighted by atomic mass is 10.0. The lowest BCUT2D eigenvalue weighted by Crippen LogP contribution is -2.11. The van der Waals surface area contributed by atoms with Crippen molar-refractivity contribution in [3.63, 3.8) is 0 Å². The van der Waals surface area contributed by atoms with Gasteiger partial charge in [-0.05, 0) is 32.1 Å². The molecule has 0 aromatic carbocycles. The summed E-state index contributed by atoms with van der Waals surface area (Å²) >= 11 is 0. The Morgan fingerprint density at radius 1 is 1.20 bits per heavy atom. The van der Waals surface area contributed by atoms with Crippen LogP contribution in [0.3, 0.4) is 0 Å². The number of carboxylic acids is 1. The van der Waals surface area contributed by atoms with E-state index in [1.165, 1.54) is 19.3 Å². The summed E-state index contributed by atoms with van der Waals surface area (Å²) in [5, 5.41) is 8.82. The first kappa shape index (κ1) is 14.2. The van der Waals surface area contributed by atoms with Crippen molar-refractivity contribution in [3.05, 3.63) is 12.2 Å². The Balaban J connectivity index is 3.46. The largest absolute Gasteiger partial charge is 0.481 e. The number of hydrogen-bond donors (Lipinski definition) is 1. The topological polar surface area (TPSA) is 37.3 Å². The van der Waals surface area contributed by atoms with Gasteiger partial charge in [0.2, 0.25) is 0 Å². The van der Waals surface area contributed by atoms with Crippen molar-refractivity contribution in [2.24, 2.45) is 5.92 Å². The Labute approximate surface area is 93.4 Å². The maximum absolute atomic E-state index is 10.7. The molecule has 2 heteroatoms. The maximum atomic E-state index is 10.7. The zero-order chi connectivity index (χ0) is 11.5. The number of aliphatic carboxylic acids is 1. The van der Waals surface area contributed by atoms with Gasteiger partial charge in [-0.25, -0.2) is 0 Å². The van der Waals surface area contributed by atoms with E-state index in [1.54, 1.807) is 0 Å². The zero-order valence-corrected chi connectivity index (χ0v) is 10.0. The number of carbonyl (C=O) groups is 1. The van der Waals surface area contributed by atoms with E-state index < -0.39 is 5.97 Å². The minimum absolute atomic E-state index is 0.162. The lowest BCUT2D eigenvalue weighted by Gasteiger charge is -2.06. The van der Waals surface area contributed by atoms with E-state index in [-0.39, 0.29) is 5.92 Å². The maximum Gasteiger partial charge on any atom is 0.306 e. The molecule has 88 valence electrons. The molecule has 0 aliphatic carbocycles. The van der Waals surface area contributed by atoms with Gasteiger partial charge < -0.3 is 5.11 Å². The zero-order valence-electron chi connectivity index (χ0n) is 10.0. The molecule has 1 atom stereocenters. The molecule has 0 saturated carbocycles. The van der Waals surface area contributed by atoms with Crippen LogP contribution in [0.1, 0.15) is 58.8 Å². The van der Waals surface area contributed by atoms with Gasteiger partial charge in [0.1, 0.15) is 0 Å². The molecule has 15 heavy (non-hydrogen) atoms. The van der Waals surface area contributed by atoms with Gasteiger partial charge >= 0.3 is 5.97 Å². The third-order valence-corrected chi connectivity index (χ3v) is 2.66. The van der Waals surface area contributed by atoms with Crippen LogP contribution in [0.25, 0.3) is 0 Å². The van der Waals surface area contributed by atoms with E-state index in [9.17, 15) is 4.79 Å². The van der Waals surface area contributed by atoms with Crippen molar-refractivity contribution < 1.29 is 9.90 Å². The number of allylic oxidation sites excluding steroid dienone is 2. The molecule has 0 aromatic heterocycles. The Hall–Kier alpha value is -0.790. The highest BCUT2D eigenvalue weighted by Crippen LogP contribution is 2.11. The first-order chi connectivity index (χ1) is 7.22. The Morgan fingerprint density at radius 2 is 1.87 bits per heavy atom. The first-order valence-electron chi connectivity index (χ1n) is 6.10. The van der Waals surface area contributed by atoms with Crippen LogP contribution in [0, 0.1) is 5.92 Å². The molecule has 0 radical (unpaired) electrons. The standard InChI is InChI=1S/C13H24O2/c1-3-5-6-7-8-9-10-11-12(4-2)13(14)15/h8-9,12H,3-7,10-11H2,1-2H3,(H,14,15). The van der Waals surface area contributed by atoms with Gasteiger partial charge in [-0.15, -0.1) is 0 Å². The summed E-state index contributed by atoms with van der Waals surface area (Å²) in [6, 6.07) is 0. The minimum Gasteiger partial charge on any atom is -0.481 e. The predicted molar refractivity (Wildman–Crippen MR) is 63.9 cm³/mol. The number of hydrogen-bond acceptors (Lipinski definition) is 1. The fourth-order valence-corrected chi connectivity index (χ4v) is 1.55. The minimum atomic E-state index is -0.656. The molecule has 1 N–H and O–H groups in total. The van der Waals surface area contributed by atoms with Crippen LogP contribution >= 0.6 is 0 Å². The van der Waals surface area contributed by atoms with Crippen molar-refractivity contribution in [1.29, 1.82) is 0 Å². The summed E-state index contributed by atoms with van der Waals surface area (Å²) in [6.45, 7) is 4.13. The average molecular weight is 212 g/mol. The summed E-state index contributed by atoms with van der Waals surface area (Å²) in [5.41, 5.74) is 0. The highest BCUT2D eigenvalue weighted by Gasteiger charge is 2.12. The van der Waals surface area contributed by atoms with E-state index in [0.29, 0.717) is 0 Å². The number of rotatable bonds is 9. The van der Waals surface area contributed by atoms with Gasteiger partial charge in [-0.1, -0.05) is 38.8 Å². The Bertz CT molecular complexity index is 185. The third kappa shape index (κ3) is 8.22. The molecule has 0 rings (SSSR count). The van der Waals surface area contributed by atoms with Crippen LogP contribution in [0.15, 0.2) is 12.2 Å². The van der Waals surface area contributed by atoms with E-state index in [1.807, 2.05) is 6.92 Å². The SMILES string of the molecule is CCCCCC=CCCC(CC)C(=O)O. The molecule has 0 spiro atoms. The molecule has 0 aliphatic heterocycles. The second-order valence-corrected chi connectivity index (χ2v) is 3.99. The van der Waals surface area contributed by atoms with Crippen LogP contribution in [-0.4, -0.2) is 11.1 Å². The Morgan fingerprint density at radius 3 is 2.40 bits per heavy atom. The summed E-state index contributed by atoms with van der Waals surface area (Å²) in [5.74, 6) is -0.817. The fraction of sp³-hybridized carbons (Fsp3) is 0.769. The number of carboxylic acid groups (broad SMARTS) is 1. The van der Waals surface area contributed by atoms with Gasteiger partial charge in [-0.2, -0.15) is 0 Å². The molecule has 0 aliphatic rings. The van der Waals surface area contributed by atoms with Crippen molar-refractivity contribution in [3.8, 4) is 0 Å². The van der Waals surface area contributed by atoms with Gasteiger partial charge in [0.25, 0.3) is 0 Å². The smallest absolute Gasteiger partial charge is 0.306 e. The quantitative estimate of drug-likeness (QED) is 0.463. The summed E-state index contributed by atoms with van der Waals surface area (Å²) in [4.78, 5) is 10.7. The lowest BCUT2D eigenvalue weighted by molar-refractivity contribution is -0.142. The van der Waals surface area contributed by atoms with Crippen molar-refractivity contribution in [2.45, 2.75) is 58.8 Å². The van der Waals surface area contributed by atoms with Gasteiger partial charge in [0, 0.05) is 0 Å². The van der Waals surface area contributed by atoms with Crippen LogP contribution in [0.2, 0.25) is 0 Å². The summed E-state index contributed by atoms with van der Waals surface area (Å²) in [7, 11) is 0.